The number of carbonyl (C=O) groups excluding carboxylic acids is 1. The summed E-state index contributed by atoms with van der Waals surface area (Å²) in [5, 5.41) is 2.99. The van der Waals surface area contributed by atoms with Crippen molar-refractivity contribution in [2.24, 2.45) is 5.92 Å². The molecule has 0 saturated carbocycles. The predicted molar refractivity (Wildman–Crippen MR) is 94.7 cm³/mol. The van der Waals surface area contributed by atoms with Crippen LogP contribution in [0.2, 0.25) is 0 Å². The van der Waals surface area contributed by atoms with E-state index in [2.05, 4.69) is 25.1 Å². The fraction of sp³-hybridized carbons (Fsp3) is 0.389. The van der Waals surface area contributed by atoms with Crippen molar-refractivity contribution in [1.82, 2.24) is 20.2 Å². The number of hydrogen-bond donors (Lipinski definition) is 1. The van der Waals surface area contributed by atoms with Crippen molar-refractivity contribution in [1.29, 1.82) is 0 Å². The zero-order valence-electron chi connectivity index (χ0n) is 14.1. The van der Waals surface area contributed by atoms with Crippen LogP contribution in [-0.4, -0.2) is 61.0 Å². The van der Waals surface area contributed by atoms with E-state index in [0.29, 0.717) is 19.6 Å². The van der Waals surface area contributed by atoms with Crippen LogP contribution in [0.25, 0.3) is 11.3 Å². The maximum Gasteiger partial charge on any atom is 0.226 e. The Morgan fingerprint density at radius 2 is 2.00 bits per heavy atom. The molecule has 2 aromatic rings. The number of nitrogens with one attached hydrogen (secondary N) is 1. The average molecular weight is 325 g/mol. The van der Waals surface area contributed by atoms with Crippen molar-refractivity contribution >= 4 is 11.7 Å². The van der Waals surface area contributed by atoms with Crippen LogP contribution in [0.15, 0.2) is 42.7 Å². The van der Waals surface area contributed by atoms with Crippen LogP contribution in [-0.2, 0) is 4.79 Å². The van der Waals surface area contributed by atoms with Crippen molar-refractivity contribution in [2.75, 3.05) is 45.2 Å². The third kappa shape index (κ3) is 3.89. The largest absolute Gasteiger partial charge is 0.355 e. The highest BCUT2D eigenvalue weighted by molar-refractivity contribution is 5.81. The molecule has 1 aromatic carbocycles. The van der Waals surface area contributed by atoms with E-state index < -0.39 is 0 Å². The lowest BCUT2D eigenvalue weighted by molar-refractivity contribution is -0.125. The van der Waals surface area contributed by atoms with Gasteiger partial charge in [-0.3, -0.25) is 4.79 Å². The Bertz CT molecular complexity index is 683. The lowest BCUT2D eigenvalue weighted by Crippen LogP contribution is -2.54. The van der Waals surface area contributed by atoms with Crippen LogP contribution in [0.5, 0.6) is 0 Å². The Morgan fingerprint density at radius 3 is 2.71 bits per heavy atom. The summed E-state index contributed by atoms with van der Waals surface area (Å²) in [5.41, 5.74) is 1.97. The van der Waals surface area contributed by atoms with Gasteiger partial charge in [-0.2, -0.15) is 0 Å². The van der Waals surface area contributed by atoms with Crippen molar-refractivity contribution in [2.45, 2.75) is 0 Å². The average Bonchev–Trinajstić information content (AvgIpc) is 2.54. The van der Waals surface area contributed by atoms with Crippen molar-refractivity contribution < 1.29 is 4.79 Å². The molecular weight excluding hydrogens is 302 g/mol. The van der Waals surface area contributed by atoms with Gasteiger partial charge in [0.2, 0.25) is 5.91 Å². The number of nitrogens with zero attached hydrogens (tertiary/aromatic N) is 4. The summed E-state index contributed by atoms with van der Waals surface area (Å²) in [5.74, 6) is 1.05. The SMILES string of the molecule is CN(C)CCNC(=O)C1CN(c2cc(-c3ccccc3)ncn2)C1. The fourth-order valence-corrected chi connectivity index (χ4v) is 2.67. The summed E-state index contributed by atoms with van der Waals surface area (Å²) < 4.78 is 0. The Balaban J connectivity index is 1.55. The first-order valence-corrected chi connectivity index (χ1v) is 8.18. The van der Waals surface area contributed by atoms with E-state index in [-0.39, 0.29) is 11.8 Å². The molecular formula is C18H23N5O. The number of hydrogen-bond acceptors (Lipinski definition) is 5. The minimum atomic E-state index is 0.0438. The Hall–Kier alpha value is -2.47. The lowest BCUT2D eigenvalue weighted by atomic mass is 9.99. The third-order valence-electron chi connectivity index (χ3n) is 4.16. The van der Waals surface area contributed by atoms with Gasteiger partial charge in [-0.25, -0.2) is 9.97 Å². The molecule has 0 aliphatic carbocycles. The van der Waals surface area contributed by atoms with Gasteiger partial charge in [-0.1, -0.05) is 30.3 Å². The zero-order valence-corrected chi connectivity index (χ0v) is 14.1. The van der Waals surface area contributed by atoms with Gasteiger partial charge in [0, 0.05) is 37.8 Å². The van der Waals surface area contributed by atoms with E-state index in [1.54, 1.807) is 6.33 Å². The third-order valence-corrected chi connectivity index (χ3v) is 4.16. The minimum absolute atomic E-state index is 0.0438. The van der Waals surface area contributed by atoms with E-state index >= 15 is 0 Å². The quantitative estimate of drug-likeness (QED) is 0.866. The molecule has 0 bridgehead atoms. The first kappa shape index (κ1) is 16.4. The van der Waals surface area contributed by atoms with E-state index in [4.69, 9.17) is 0 Å². The standard InChI is InChI=1S/C18H23N5O/c1-22(2)9-8-19-18(24)15-11-23(12-15)17-10-16(20-13-21-17)14-6-4-3-5-7-14/h3-7,10,13,15H,8-9,11-12H2,1-2H3,(H,19,24). The fourth-order valence-electron chi connectivity index (χ4n) is 2.67. The highest BCUT2D eigenvalue weighted by Gasteiger charge is 2.33. The van der Waals surface area contributed by atoms with Gasteiger partial charge in [0.15, 0.2) is 0 Å². The Kier molecular flexibility index (Phi) is 5.05. The highest BCUT2D eigenvalue weighted by atomic mass is 16.2. The van der Waals surface area contributed by atoms with Crippen LogP contribution in [0, 0.1) is 5.92 Å². The molecule has 24 heavy (non-hydrogen) atoms. The topological polar surface area (TPSA) is 61.4 Å². The minimum Gasteiger partial charge on any atom is -0.355 e. The summed E-state index contributed by atoms with van der Waals surface area (Å²) in [6.45, 7) is 2.96. The number of aromatic nitrogens is 2. The number of carbonyl (C=O) groups is 1. The maximum atomic E-state index is 12.1. The van der Waals surface area contributed by atoms with Crippen molar-refractivity contribution in [3.8, 4) is 11.3 Å². The zero-order chi connectivity index (χ0) is 16.9. The van der Waals surface area contributed by atoms with E-state index in [1.807, 2.05) is 50.5 Å². The van der Waals surface area contributed by atoms with E-state index in [0.717, 1.165) is 23.6 Å². The van der Waals surface area contributed by atoms with Crippen LogP contribution in [0.1, 0.15) is 0 Å². The molecule has 1 fully saturated rings. The molecule has 1 amide bonds. The predicted octanol–water partition coefficient (Wildman–Crippen LogP) is 1.26. The van der Waals surface area contributed by atoms with Gasteiger partial charge in [0.25, 0.3) is 0 Å². The molecule has 1 aromatic heterocycles. The van der Waals surface area contributed by atoms with Gasteiger partial charge in [0.1, 0.15) is 12.1 Å². The molecule has 6 nitrogen and oxygen atoms in total. The van der Waals surface area contributed by atoms with E-state index in [1.165, 1.54) is 0 Å². The highest BCUT2D eigenvalue weighted by Crippen LogP contribution is 2.26. The molecule has 1 saturated heterocycles. The molecule has 0 radical (unpaired) electrons. The molecule has 0 spiro atoms. The van der Waals surface area contributed by atoms with Crippen LogP contribution in [0.4, 0.5) is 5.82 Å². The molecule has 0 atom stereocenters. The van der Waals surface area contributed by atoms with Gasteiger partial charge < -0.3 is 15.1 Å². The maximum absolute atomic E-state index is 12.1. The molecule has 1 aliphatic heterocycles. The summed E-state index contributed by atoms with van der Waals surface area (Å²) in [6, 6.07) is 12.0. The first-order chi connectivity index (χ1) is 11.6. The Morgan fingerprint density at radius 1 is 1.25 bits per heavy atom. The second-order valence-electron chi connectivity index (χ2n) is 6.32. The molecule has 0 unspecified atom stereocenters. The summed E-state index contributed by atoms with van der Waals surface area (Å²) >= 11 is 0. The summed E-state index contributed by atoms with van der Waals surface area (Å²) in [4.78, 5) is 24.9. The van der Waals surface area contributed by atoms with Gasteiger partial charge in [-0.15, -0.1) is 0 Å². The molecule has 2 heterocycles. The van der Waals surface area contributed by atoms with Crippen LogP contribution >= 0.6 is 0 Å². The summed E-state index contributed by atoms with van der Waals surface area (Å²) in [7, 11) is 3.99. The smallest absolute Gasteiger partial charge is 0.226 e. The summed E-state index contributed by atoms with van der Waals surface area (Å²) in [6.07, 6.45) is 1.59. The van der Waals surface area contributed by atoms with Crippen LogP contribution in [0.3, 0.4) is 0 Å². The van der Waals surface area contributed by atoms with Crippen molar-refractivity contribution in [3.63, 3.8) is 0 Å². The second-order valence-corrected chi connectivity index (χ2v) is 6.32. The van der Waals surface area contributed by atoms with Gasteiger partial charge in [-0.05, 0) is 14.1 Å². The van der Waals surface area contributed by atoms with E-state index in [9.17, 15) is 4.79 Å². The molecule has 1 N–H and O–H groups in total. The molecule has 6 heteroatoms. The number of amides is 1. The first-order valence-electron chi connectivity index (χ1n) is 8.18. The molecule has 3 rings (SSSR count). The second kappa shape index (κ2) is 7.40. The monoisotopic (exact) mass is 325 g/mol. The Labute approximate surface area is 142 Å². The van der Waals surface area contributed by atoms with Gasteiger partial charge in [0.05, 0.1) is 11.6 Å². The normalized spacial score (nSPS) is 14.5. The number of anilines is 1. The number of likely N-dealkylation sites (N-methyl/N-ethyl adjacent to an activating group) is 1. The number of benzene rings is 1. The van der Waals surface area contributed by atoms with Crippen LogP contribution < -0.4 is 10.2 Å². The molecule has 1 aliphatic rings. The number of rotatable bonds is 6. The van der Waals surface area contributed by atoms with Gasteiger partial charge >= 0.3 is 0 Å². The molecule has 126 valence electrons. The lowest BCUT2D eigenvalue weighted by Gasteiger charge is -2.39. The van der Waals surface area contributed by atoms with Crippen molar-refractivity contribution in [3.05, 3.63) is 42.7 Å².